The van der Waals surface area contributed by atoms with Crippen LogP contribution in [0.3, 0.4) is 0 Å². The number of imidazole rings is 1. The molecule has 0 saturated carbocycles. The Morgan fingerprint density at radius 2 is 1.57 bits per heavy atom. The number of para-hydroxylation sites is 1. The molecule has 3 aromatic carbocycles. The van der Waals surface area contributed by atoms with Crippen LogP contribution in [0.5, 0.6) is 0 Å². The highest BCUT2D eigenvalue weighted by molar-refractivity contribution is 5.97. The summed E-state index contributed by atoms with van der Waals surface area (Å²) in [6.45, 7) is 5.39. The largest absolute Gasteiger partial charge is 0.351 e. The first-order chi connectivity index (χ1) is 17.1. The molecule has 0 bridgehead atoms. The topological polar surface area (TPSA) is 70.5 Å². The summed E-state index contributed by atoms with van der Waals surface area (Å²) in [7, 11) is 0. The zero-order valence-electron chi connectivity index (χ0n) is 19.9. The summed E-state index contributed by atoms with van der Waals surface area (Å²) in [6.07, 6.45) is 0. The van der Waals surface area contributed by atoms with E-state index in [1.807, 2.05) is 78.6 Å². The van der Waals surface area contributed by atoms with Gasteiger partial charge < -0.3 is 10.2 Å². The Balaban J connectivity index is 1.18. The molecule has 0 aliphatic carbocycles. The second-order valence-electron chi connectivity index (χ2n) is 8.86. The van der Waals surface area contributed by atoms with Gasteiger partial charge in [0.1, 0.15) is 5.82 Å². The first-order valence-corrected chi connectivity index (χ1v) is 12.0. The Morgan fingerprint density at radius 1 is 0.886 bits per heavy atom. The number of hydrogen-bond donors (Lipinski definition) is 1. The van der Waals surface area contributed by atoms with Gasteiger partial charge in [-0.15, -0.1) is 0 Å². The number of carbonyl (C=O) groups excluding carboxylic acids is 2. The second-order valence-corrected chi connectivity index (χ2v) is 8.86. The molecule has 0 radical (unpaired) electrons. The lowest BCUT2D eigenvalue weighted by Gasteiger charge is -2.34. The molecule has 1 aliphatic rings. The molecule has 1 aliphatic heterocycles. The summed E-state index contributed by atoms with van der Waals surface area (Å²) in [5.74, 6) is 0.894. The van der Waals surface area contributed by atoms with Crippen LogP contribution in [0.15, 0.2) is 78.9 Å². The molecule has 0 spiro atoms. The summed E-state index contributed by atoms with van der Waals surface area (Å²) in [5, 5.41) is 2.97. The van der Waals surface area contributed by atoms with Crippen molar-refractivity contribution in [2.24, 2.45) is 0 Å². The van der Waals surface area contributed by atoms with Crippen LogP contribution >= 0.6 is 0 Å². The van der Waals surface area contributed by atoms with Gasteiger partial charge in [-0.2, -0.15) is 0 Å². The third-order valence-electron chi connectivity index (χ3n) is 6.44. The van der Waals surface area contributed by atoms with Crippen molar-refractivity contribution in [1.82, 2.24) is 24.7 Å². The van der Waals surface area contributed by atoms with Crippen molar-refractivity contribution in [2.45, 2.75) is 13.5 Å². The number of amides is 2. The van der Waals surface area contributed by atoms with Gasteiger partial charge in [0.05, 0.1) is 17.6 Å². The lowest BCUT2D eigenvalue weighted by molar-refractivity contribution is -0.122. The van der Waals surface area contributed by atoms with Crippen LogP contribution in [0.4, 0.5) is 0 Å². The number of carbonyl (C=O) groups is 2. The van der Waals surface area contributed by atoms with Crippen molar-refractivity contribution < 1.29 is 9.59 Å². The molecule has 1 N–H and O–H groups in total. The van der Waals surface area contributed by atoms with Gasteiger partial charge in [-0.3, -0.25) is 19.1 Å². The molecule has 0 unspecified atom stereocenters. The number of nitrogens with zero attached hydrogens (tertiary/aromatic N) is 4. The number of aromatic nitrogens is 2. The molecule has 1 aromatic heterocycles. The Labute approximate surface area is 205 Å². The highest BCUT2D eigenvalue weighted by atomic mass is 16.2. The van der Waals surface area contributed by atoms with Crippen LogP contribution in [0.25, 0.3) is 16.7 Å². The third kappa shape index (κ3) is 5.10. The van der Waals surface area contributed by atoms with Crippen LogP contribution in [0.1, 0.15) is 21.7 Å². The molecule has 1 fully saturated rings. The van der Waals surface area contributed by atoms with Crippen molar-refractivity contribution in [1.29, 1.82) is 0 Å². The Kier molecular flexibility index (Phi) is 6.59. The summed E-state index contributed by atoms with van der Waals surface area (Å²) < 4.78 is 2.10. The molecule has 2 amide bonds. The Bertz CT molecular complexity index is 1330. The predicted molar refractivity (Wildman–Crippen MR) is 136 cm³/mol. The third-order valence-corrected chi connectivity index (χ3v) is 6.44. The monoisotopic (exact) mass is 467 g/mol. The Morgan fingerprint density at radius 3 is 2.29 bits per heavy atom. The van der Waals surface area contributed by atoms with Crippen molar-refractivity contribution >= 4 is 22.8 Å². The lowest BCUT2D eigenvalue weighted by Crippen LogP contribution is -2.51. The second kappa shape index (κ2) is 10.1. The zero-order valence-corrected chi connectivity index (χ0v) is 19.9. The highest BCUT2D eigenvalue weighted by Gasteiger charge is 2.24. The summed E-state index contributed by atoms with van der Waals surface area (Å²) in [6, 6.07) is 25.7. The number of fused-ring (bicyclic) bond motifs is 1. The maximum Gasteiger partial charge on any atom is 0.254 e. The average molecular weight is 468 g/mol. The number of rotatable bonds is 6. The summed E-state index contributed by atoms with van der Waals surface area (Å²) in [5.41, 5.74) is 4.57. The number of nitrogens with one attached hydrogen (secondary N) is 1. The van der Waals surface area contributed by atoms with Crippen LogP contribution in [-0.4, -0.2) is 63.9 Å². The molecule has 178 valence electrons. The van der Waals surface area contributed by atoms with E-state index < -0.39 is 0 Å². The maximum absolute atomic E-state index is 13.2. The van der Waals surface area contributed by atoms with Crippen LogP contribution < -0.4 is 5.32 Å². The minimum Gasteiger partial charge on any atom is -0.351 e. The number of benzene rings is 3. The molecular formula is C28H29N5O2. The molecule has 0 atom stereocenters. The van der Waals surface area contributed by atoms with Gasteiger partial charge in [0.15, 0.2) is 0 Å². The minimum absolute atomic E-state index is 0.00320. The fourth-order valence-corrected chi connectivity index (χ4v) is 4.58. The normalized spacial score (nSPS) is 14.3. The van der Waals surface area contributed by atoms with E-state index in [4.69, 9.17) is 4.98 Å². The molecule has 1 saturated heterocycles. The zero-order chi connectivity index (χ0) is 24.2. The molecule has 7 heteroatoms. The lowest BCUT2D eigenvalue weighted by atomic mass is 10.1. The fraction of sp³-hybridized carbons (Fsp3) is 0.250. The quantitative estimate of drug-likeness (QED) is 0.472. The van der Waals surface area contributed by atoms with Crippen molar-refractivity contribution in [3.8, 4) is 5.69 Å². The van der Waals surface area contributed by atoms with Crippen molar-refractivity contribution in [3.05, 3.63) is 95.8 Å². The standard InChI is InChI=1S/C28H29N5O2/c1-21-30-25-18-23(12-13-26(25)33(21)24-10-6-3-7-11-24)28(35)32-16-14-31(15-17-32)20-27(34)29-19-22-8-4-2-5-9-22/h2-13,18H,14-17,19-20H2,1H3,(H,29,34). The van der Waals surface area contributed by atoms with E-state index in [2.05, 4.69) is 26.9 Å². The molecule has 5 rings (SSSR count). The average Bonchev–Trinajstić information content (AvgIpc) is 3.23. The first-order valence-electron chi connectivity index (χ1n) is 12.0. The van der Waals surface area contributed by atoms with Gasteiger partial charge in [0.2, 0.25) is 5.91 Å². The van der Waals surface area contributed by atoms with E-state index in [0.29, 0.717) is 44.8 Å². The van der Waals surface area contributed by atoms with E-state index in [1.165, 1.54) is 0 Å². The number of piperazine rings is 1. The summed E-state index contributed by atoms with van der Waals surface area (Å²) >= 11 is 0. The number of aryl methyl sites for hydroxylation is 1. The van der Waals surface area contributed by atoms with Crippen LogP contribution in [-0.2, 0) is 11.3 Å². The van der Waals surface area contributed by atoms with E-state index in [0.717, 1.165) is 28.1 Å². The van der Waals surface area contributed by atoms with E-state index in [-0.39, 0.29) is 11.8 Å². The molecule has 7 nitrogen and oxygen atoms in total. The van der Waals surface area contributed by atoms with E-state index >= 15 is 0 Å². The smallest absolute Gasteiger partial charge is 0.254 e. The van der Waals surface area contributed by atoms with Crippen LogP contribution in [0, 0.1) is 6.92 Å². The molecule has 4 aromatic rings. The van der Waals surface area contributed by atoms with E-state index in [9.17, 15) is 9.59 Å². The Hall–Kier alpha value is -3.97. The first kappa shape index (κ1) is 22.8. The number of hydrogen-bond acceptors (Lipinski definition) is 4. The van der Waals surface area contributed by atoms with Gasteiger partial charge in [0.25, 0.3) is 5.91 Å². The summed E-state index contributed by atoms with van der Waals surface area (Å²) in [4.78, 5) is 34.2. The molecular weight excluding hydrogens is 438 g/mol. The van der Waals surface area contributed by atoms with Crippen molar-refractivity contribution in [3.63, 3.8) is 0 Å². The van der Waals surface area contributed by atoms with Crippen molar-refractivity contribution in [2.75, 3.05) is 32.7 Å². The molecule has 2 heterocycles. The van der Waals surface area contributed by atoms with Gasteiger partial charge in [0, 0.05) is 44.0 Å². The van der Waals surface area contributed by atoms with Gasteiger partial charge in [-0.25, -0.2) is 4.98 Å². The maximum atomic E-state index is 13.2. The van der Waals surface area contributed by atoms with Gasteiger partial charge >= 0.3 is 0 Å². The SMILES string of the molecule is Cc1nc2cc(C(=O)N3CCN(CC(=O)NCc4ccccc4)CC3)ccc2n1-c1ccccc1. The highest BCUT2D eigenvalue weighted by Crippen LogP contribution is 2.23. The minimum atomic E-state index is 0.00320. The van der Waals surface area contributed by atoms with Gasteiger partial charge in [-0.05, 0) is 42.8 Å². The molecule has 35 heavy (non-hydrogen) atoms. The van der Waals surface area contributed by atoms with Gasteiger partial charge in [-0.1, -0.05) is 48.5 Å². The predicted octanol–water partition coefficient (Wildman–Crippen LogP) is 3.41. The van der Waals surface area contributed by atoms with E-state index in [1.54, 1.807) is 0 Å². The fourth-order valence-electron chi connectivity index (χ4n) is 4.58. The van der Waals surface area contributed by atoms with Crippen LogP contribution in [0.2, 0.25) is 0 Å².